The van der Waals surface area contributed by atoms with Crippen LogP contribution in [0.4, 0.5) is 0 Å². The first kappa shape index (κ1) is 11.9. The van der Waals surface area contributed by atoms with E-state index in [1.54, 1.807) is 6.08 Å². The van der Waals surface area contributed by atoms with Crippen LogP contribution in [-0.4, -0.2) is 23.4 Å². The molecule has 17 heavy (non-hydrogen) atoms. The van der Waals surface area contributed by atoms with Crippen LogP contribution in [0.2, 0.25) is 0 Å². The molecule has 2 nitrogen and oxygen atoms in total. The Morgan fingerprint density at radius 3 is 2.88 bits per heavy atom. The van der Waals surface area contributed by atoms with Gasteiger partial charge in [0.25, 0.3) is 0 Å². The molecular formula is C15H19NO. The van der Waals surface area contributed by atoms with Crippen molar-refractivity contribution in [3.05, 3.63) is 48.0 Å². The summed E-state index contributed by atoms with van der Waals surface area (Å²) >= 11 is 0. The van der Waals surface area contributed by atoms with Gasteiger partial charge in [-0.15, -0.1) is 0 Å². The Morgan fingerprint density at radius 2 is 2.18 bits per heavy atom. The van der Waals surface area contributed by atoms with E-state index in [9.17, 15) is 4.79 Å². The lowest BCUT2D eigenvalue weighted by Crippen LogP contribution is -2.35. The number of hydrogen-bond donors (Lipinski definition) is 0. The van der Waals surface area contributed by atoms with E-state index in [0.29, 0.717) is 6.04 Å². The second kappa shape index (κ2) is 5.67. The van der Waals surface area contributed by atoms with E-state index in [0.717, 1.165) is 25.8 Å². The van der Waals surface area contributed by atoms with Crippen molar-refractivity contribution >= 4 is 5.91 Å². The molecule has 0 spiro atoms. The van der Waals surface area contributed by atoms with Crippen LogP contribution in [0.3, 0.4) is 0 Å². The number of benzene rings is 1. The van der Waals surface area contributed by atoms with Gasteiger partial charge in [0.1, 0.15) is 0 Å². The summed E-state index contributed by atoms with van der Waals surface area (Å²) in [7, 11) is 0. The van der Waals surface area contributed by atoms with Gasteiger partial charge < -0.3 is 4.90 Å². The minimum Gasteiger partial charge on any atom is -0.336 e. The number of amides is 1. The summed E-state index contributed by atoms with van der Waals surface area (Å²) in [5.74, 6) is 0.158. The van der Waals surface area contributed by atoms with E-state index >= 15 is 0 Å². The Bertz CT molecular complexity index is 397. The van der Waals surface area contributed by atoms with Gasteiger partial charge in [0.15, 0.2) is 0 Å². The van der Waals surface area contributed by atoms with E-state index < -0.39 is 0 Å². The number of carbonyl (C=O) groups excluding carboxylic acids is 1. The van der Waals surface area contributed by atoms with Crippen molar-refractivity contribution in [3.63, 3.8) is 0 Å². The van der Waals surface area contributed by atoms with Gasteiger partial charge in [-0.05, 0) is 37.8 Å². The van der Waals surface area contributed by atoms with Crippen LogP contribution >= 0.6 is 0 Å². The van der Waals surface area contributed by atoms with Gasteiger partial charge in [0.2, 0.25) is 5.91 Å². The lowest BCUT2D eigenvalue weighted by molar-refractivity contribution is -0.126. The standard InChI is InChI=1S/C15H19NO/c1-2-7-15(17)16-11-6-10-14(16)12-13-8-4-3-5-9-13/h2-5,7-9,14H,6,10-12H2,1H3. The quantitative estimate of drug-likeness (QED) is 0.730. The molecule has 1 atom stereocenters. The predicted octanol–water partition coefficient (Wildman–Crippen LogP) is 2.80. The largest absolute Gasteiger partial charge is 0.336 e. The molecule has 0 aliphatic carbocycles. The first-order valence-corrected chi connectivity index (χ1v) is 6.28. The second-order valence-corrected chi connectivity index (χ2v) is 4.52. The zero-order valence-electron chi connectivity index (χ0n) is 10.3. The van der Waals surface area contributed by atoms with E-state index in [-0.39, 0.29) is 5.91 Å². The van der Waals surface area contributed by atoms with Gasteiger partial charge >= 0.3 is 0 Å². The first-order valence-electron chi connectivity index (χ1n) is 6.28. The van der Waals surface area contributed by atoms with Crippen molar-refractivity contribution in [1.29, 1.82) is 0 Å². The molecule has 1 aliphatic rings. The van der Waals surface area contributed by atoms with Crippen LogP contribution in [-0.2, 0) is 11.2 Å². The summed E-state index contributed by atoms with van der Waals surface area (Å²) in [6, 6.07) is 10.8. The molecule has 1 aromatic carbocycles. The average molecular weight is 229 g/mol. The highest BCUT2D eigenvalue weighted by Crippen LogP contribution is 2.21. The molecule has 2 heteroatoms. The molecule has 1 saturated heterocycles. The molecule has 2 rings (SSSR count). The number of carbonyl (C=O) groups is 1. The second-order valence-electron chi connectivity index (χ2n) is 4.52. The zero-order chi connectivity index (χ0) is 12.1. The SMILES string of the molecule is CC=CC(=O)N1CCCC1Cc1ccccc1. The smallest absolute Gasteiger partial charge is 0.246 e. The van der Waals surface area contributed by atoms with Crippen molar-refractivity contribution in [3.8, 4) is 0 Å². The molecule has 1 aromatic rings. The molecule has 0 aromatic heterocycles. The molecule has 1 aliphatic heterocycles. The monoisotopic (exact) mass is 229 g/mol. The number of nitrogens with zero attached hydrogens (tertiary/aromatic N) is 1. The molecule has 1 fully saturated rings. The molecule has 0 saturated carbocycles. The summed E-state index contributed by atoms with van der Waals surface area (Å²) in [5.41, 5.74) is 1.32. The van der Waals surface area contributed by atoms with Gasteiger partial charge in [-0.1, -0.05) is 36.4 Å². The van der Waals surface area contributed by atoms with Gasteiger partial charge in [-0.3, -0.25) is 4.79 Å². The molecule has 1 unspecified atom stereocenters. The van der Waals surface area contributed by atoms with Crippen molar-refractivity contribution in [2.75, 3.05) is 6.54 Å². The maximum atomic E-state index is 11.9. The fourth-order valence-corrected chi connectivity index (χ4v) is 2.46. The summed E-state index contributed by atoms with van der Waals surface area (Å²) in [6.07, 6.45) is 6.71. The third kappa shape index (κ3) is 2.96. The normalized spacial score (nSPS) is 20.1. The number of hydrogen-bond acceptors (Lipinski definition) is 1. The van der Waals surface area contributed by atoms with Crippen LogP contribution in [0, 0.1) is 0 Å². The Kier molecular flexibility index (Phi) is 3.97. The van der Waals surface area contributed by atoms with Gasteiger partial charge in [0.05, 0.1) is 0 Å². The van der Waals surface area contributed by atoms with Crippen molar-refractivity contribution in [2.24, 2.45) is 0 Å². The summed E-state index contributed by atoms with van der Waals surface area (Å²) in [4.78, 5) is 13.9. The van der Waals surface area contributed by atoms with Crippen molar-refractivity contribution in [2.45, 2.75) is 32.2 Å². The third-order valence-corrected chi connectivity index (χ3v) is 3.28. The Balaban J connectivity index is 2.03. The van der Waals surface area contributed by atoms with Crippen molar-refractivity contribution < 1.29 is 4.79 Å². The number of rotatable bonds is 3. The summed E-state index contributed by atoms with van der Waals surface area (Å²) in [6.45, 7) is 2.79. The Morgan fingerprint density at radius 1 is 1.41 bits per heavy atom. The molecule has 90 valence electrons. The Labute approximate surface area is 103 Å². The molecule has 1 amide bonds. The minimum atomic E-state index is 0.158. The maximum absolute atomic E-state index is 11.9. The van der Waals surface area contributed by atoms with E-state index in [4.69, 9.17) is 0 Å². The highest BCUT2D eigenvalue weighted by atomic mass is 16.2. The van der Waals surface area contributed by atoms with Gasteiger partial charge in [-0.2, -0.15) is 0 Å². The minimum absolute atomic E-state index is 0.158. The van der Waals surface area contributed by atoms with Crippen LogP contribution in [0.25, 0.3) is 0 Å². The third-order valence-electron chi connectivity index (χ3n) is 3.28. The summed E-state index contributed by atoms with van der Waals surface area (Å²) in [5, 5.41) is 0. The van der Waals surface area contributed by atoms with Crippen LogP contribution in [0.1, 0.15) is 25.3 Å². The van der Waals surface area contributed by atoms with Gasteiger partial charge in [0, 0.05) is 12.6 Å². The van der Waals surface area contributed by atoms with E-state index in [1.807, 2.05) is 24.0 Å². The zero-order valence-corrected chi connectivity index (χ0v) is 10.3. The average Bonchev–Trinajstić information content (AvgIpc) is 2.79. The highest BCUT2D eigenvalue weighted by molar-refractivity contribution is 5.88. The molecule has 0 N–H and O–H groups in total. The molecule has 0 radical (unpaired) electrons. The lowest BCUT2D eigenvalue weighted by Gasteiger charge is -2.23. The highest BCUT2D eigenvalue weighted by Gasteiger charge is 2.27. The van der Waals surface area contributed by atoms with E-state index in [2.05, 4.69) is 24.3 Å². The fourth-order valence-electron chi connectivity index (χ4n) is 2.46. The lowest BCUT2D eigenvalue weighted by atomic mass is 10.0. The van der Waals surface area contributed by atoms with Crippen LogP contribution in [0.15, 0.2) is 42.5 Å². The Hall–Kier alpha value is -1.57. The predicted molar refractivity (Wildman–Crippen MR) is 69.7 cm³/mol. The molecular weight excluding hydrogens is 210 g/mol. The van der Waals surface area contributed by atoms with Gasteiger partial charge in [-0.25, -0.2) is 0 Å². The van der Waals surface area contributed by atoms with Crippen LogP contribution in [0.5, 0.6) is 0 Å². The molecule has 1 heterocycles. The molecule has 0 bridgehead atoms. The summed E-state index contributed by atoms with van der Waals surface area (Å²) < 4.78 is 0. The van der Waals surface area contributed by atoms with Crippen LogP contribution < -0.4 is 0 Å². The van der Waals surface area contributed by atoms with E-state index in [1.165, 1.54) is 5.56 Å². The first-order chi connectivity index (χ1) is 8.31. The number of likely N-dealkylation sites (tertiary alicyclic amines) is 1. The maximum Gasteiger partial charge on any atom is 0.246 e. The number of allylic oxidation sites excluding steroid dienone is 1. The topological polar surface area (TPSA) is 20.3 Å². The van der Waals surface area contributed by atoms with Crippen molar-refractivity contribution in [1.82, 2.24) is 4.90 Å². The fraction of sp³-hybridized carbons (Fsp3) is 0.400.